The van der Waals surface area contributed by atoms with Gasteiger partial charge >= 0.3 is 5.97 Å². The van der Waals surface area contributed by atoms with Gasteiger partial charge in [0.25, 0.3) is 0 Å². The molecule has 0 heterocycles. The van der Waals surface area contributed by atoms with Crippen LogP contribution in [-0.4, -0.2) is 17.4 Å². The second-order valence-corrected chi connectivity index (χ2v) is 3.81. The maximum atomic E-state index is 10.8. The van der Waals surface area contributed by atoms with Crippen LogP contribution < -0.4 is 4.74 Å². The first kappa shape index (κ1) is 11.7. The van der Waals surface area contributed by atoms with Crippen molar-refractivity contribution >= 4 is 28.2 Å². The normalized spacial score (nSPS) is 9.80. The van der Waals surface area contributed by atoms with Gasteiger partial charge in [0.15, 0.2) is 6.29 Å². The van der Waals surface area contributed by atoms with E-state index in [1.165, 1.54) is 13.0 Å². The number of phenols is 1. The molecule has 0 saturated heterocycles. The lowest BCUT2D eigenvalue weighted by molar-refractivity contribution is -0.131. The summed E-state index contributed by atoms with van der Waals surface area (Å²) < 4.78 is 5.20. The summed E-state index contributed by atoms with van der Waals surface area (Å²) in [6.07, 6.45) is 0.516. The van der Waals surface area contributed by atoms with Crippen molar-refractivity contribution in [3.05, 3.63) is 21.7 Å². The number of aldehydes is 1. The number of rotatable bonds is 2. The van der Waals surface area contributed by atoms with Gasteiger partial charge in [0, 0.05) is 12.5 Å². The van der Waals surface area contributed by atoms with Crippen LogP contribution in [0.4, 0.5) is 0 Å². The standard InChI is InChI=1S/C10H9BrO4/c1-5-7(4-12)10(14)8(11)3-9(5)15-6(2)13/h3-4,14H,1-2H3. The fourth-order valence-electron chi connectivity index (χ4n) is 1.14. The Labute approximate surface area is 95.0 Å². The van der Waals surface area contributed by atoms with E-state index in [1.807, 2.05) is 0 Å². The molecule has 0 spiro atoms. The van der Waals surface area contributed by atoms with E-state index in [2.05, 4.69) is 15.9 Å². The Morgan fingerprint density at radius 1 is 1.60 bits per heavy atom. The third kappa shape index (κ3) is 2.36. The molecule has 0 aliphatic heterocycles. The van der Waals surface area contributed by atoms with Crippen LogP contribution in [0.3, 0.4) is 0 Å². The van der Waals surface area contributed by atoms with Crippen LogP contribution >= 0.6 is 15.9 Å². The Hall–Kier alpha value is -1.36. The van der Waals surface area contributed by atoms with Crippen LogP contribution in [0.2, 0.25) is 0 Å². The molecule has 0 atom stereocenters. The highest BCUT2D eigenvalue weighted by molar-refractivity contribution is 9.10. The highest BCUT2D eigenvalue weighted by Gasteiger charge is 2.14. The van der Waals surface area contributed by atoms with Gasteiger partial charge < -0.3 is 9.84 Å². The highest BCUT2D eigenvalue weighted by Crippen LogP contribution is 2.35. The number of phenolic OH excluding ortho intramolecular Hbond substituents is 1. The molecule has 1 N–H and O–H groups in total. The molecular formula is C10H9BrO4. The van der Waals surface area contributed by atoms with Gasteiger partial charge in [0.2, 0.25) is 0 Å². The number of esters is 1. The van der Waals surface area contributed by atoms with E-state index in [4.69, 9.17) is 4.74 Å². The first-order chi connectivity index (χ1) is 6.97. The van der Waals surface area contributed by atoms with Gasteiger partial charge in [-0.3, -0.25) is 9.59 Å². The predicted molar refractivity (Wildman–Crippen MR) is 57.2 cm³/mol. The van der Waals surface area contributed by atoms with Crippen molar-refractivity contribution in [2.24, 2.45) is 0 Å². The number of benzene rings is 1. The van der Waals surface area contributed by atoms with Gasteiger partial charge in [-0.1, -0.05) is 0 Å². The lowest BCUT2D eigenvalue weighted by Gasteiger charge is -2.10. The average molecular weight is 273 g/mol. The Morgan fingerprint density at radius 2 is 2.20 bits per heavy atom. The minimum absolute atomic E-state index is 0.112. The number of halogens is 1. The summed E-state index contributed by atoms with van der Waals surface area (Å²) in [7, 11) is 0. The fraction of sp³-hybridized carbons (Fsp3) is 0.200. The topological polar surface area (TPSA) is 63.6 Å². The minimum Gasteiger partial charge on any atom is -0.506 e. The van der Waals surface area contributed by atoms with Crippen molar-refractivity contribution in [2.45, 2.75) is 13.8 Å². The number of ether oxygens (including phenoxy) is 1. The van der Waals surface area contributed by atoms with Gasteiger partial charge in [-0.15, -0.1) is 0 Å². The molecule has 1 aromatic carbocycles. The zero-order valence-electron chi connectivity index (χ0n) is 8.20. The van der Waals surface area contributed by atoms with Crippen LogP contribution in [0.15, 0.2) is 10.5 Å². The lowest BCUT2D eigenvalue weighted by atomic mass is 10.1. The molecule has 4 nitrogen and oxygen atoms in total. The largest absolute Gasteiger partial charge is 0.506 e. The molecule has 0 aromatic heterocycles. The summed E-state index contributed by atoms with van der Waals surface area (Å²) >= 11 is 3.06. The van der Waals surface area contributed by atoms with E-state index < -0.39 is 5.97 Å². The van der Waals surface area contributed by atoms with Gasteiger partial charge in [0.05, 0.1) is 10.0 Å². The first-order valence-corrected chi connectivity index (χ1v) is 4.92. The first-order valence-electron chi connectivity index (χ1n) is 4.13. The second-order valence-electron chi connectivity index (χ2n) is 2.96. The summed E-state index contributed by atoms with van der Waals surface area (Å²) in [5, 5.41) is 9.52. The van der Waals surface area contributed by atoms with Gasteiger partial charge in [0.1, 0.15) is 11.5 Å². The van der Waals surface area contributed by atoms with Crippen LogP contribution in [0.5, 0.6) is 11.5 Å². The molecule has 0 saturated carbocycles. The molecule has 1 aromatic rings. The van der Waals surface area contributed by atoms with Crippen molar-refractivity contribution in [3.63, 3.8) is 0 Å². The molecule has 1 rings (SSSR count). The third-order valence-electron chi connectivity index (χ3n) is 1.88. The van der Waals surface area contributed by atoms with Crippen LogP contribution in [0.25, 0.3) is 0 Å². The number of carbonyl (C=O) groups is 2. The SMILES string of the molecule is CC(=O)Oc1cc(Br)c(O)c(C=O)c1C. The number of hydrogen-bond acceptors (Lipinski definition) is 4. The molecule has 15 heavy (non-hydrogen) atoms. The summed E-state index contributed by atoms with van der Waals surface area (Å²) in [6, 6.07) is 1.44. The molecule has 5 heteroatoms. The second kappa shape index (κ2) is 4.44. The van der Waals surface area contributed by atoms with Gasteiger partial charge in [-0.05, 0) is 28.9 Å². The molecule has 0 unspecified atom stereocenters. The summed E-state index contributed by atoms with van der Waals surface area (Å²) in [5.41, 5.74) is 0.543. The summed E-state index contributed by atoms with van der Waals surface area (Å²) in [6.45, 7) is 2.86. The van der Waals surface area contributed by atoms with Crippen LogP contribution in [0, 0.1) is 6.92 Å². The smallest absolute Gasteiger partial charge is 0.308 e. The summed E-state index contributed by atoms with van der Waals surface area (Å²) in [4.78, 5) is 21.5. The number of hydrogen-bond donors (Lipinski definition) is 1. The van der Waals surface area contributed by atoms with Crippen molar-refractivity contribution in [2.75, 3.05) is 0 Å². The maximum Gasteiger partial charge on any atom is 0.308 e. The number of aromatic hydroxyl groups is 1. The molecule has 0 fully saturated rings. The van der Waals surface area contributed by atoms with Crippen molar-refractivity contribution in [1.29, 1.82) is 0 Å². The predicted octanol–water partition coefficient (Wildman–Crippen LogP) is 2.20. The molecule has 0 bridgehead atoms. The zero-order valence-corrected chi connectivity index (χ0v) is 9.79. The van der Waals surface area contributed by atoms with Crippen LogP contribution in [0.1, 0.15) is 22.8 Å². The molecular weight excluding hydrogens is 264 g/mol. The van der Waals surface area contributed by atoms with Crippen molar-refractivity contribution < 1.29 is 19.4 Å². The molecule has 0 aliphatic carbocycles. The highest BCUT2D eigenvalue weighted by atomic mass is 79.9. The van der Waals surface area contributed by atoms with E-state index in [9.17, 15) is 14.7 Å². The third-order valence-corrected chi connectivity index (χ3v) is 2.49. The molecule has 0 radical (unpaired) electrons. The Morgan fingerprint density at radius 3 is 2.67 bits per heavy atom. The van der Waals surface area contributed by atoms with E-state index in [0.717, 1.165) is 0 Å². The van der Waals surface area contributed by atoms with Crippen molar-refractivity contribution in [1.82, 2.24) is 0 Å². The monoisotopic (exact) mass is 272 g/mol. The lowest BCUT2D eigenvalue weighted by Crippen LogP contribution is -2.04. The van der Waals surface area contributed by atoms with E-state index in [-0.39, 0.29) is 17.1 Å². The Bertz CT molecular complexity index is 426. The fourth-order valence-corrected chi connectivity index (χ4v) is 1.56. The Kier molecular flexibility index (Phi) is 3.47. The number of carbonyl (C=O) groups excluding carboxylic acids is 2. The molecule has 80 valence electrons. The van der Waals surface area contributed by atoms with E-state index >= 15 is 0 Å². The molecule has 0 amide bonds. The zero-order chi connectivity index (χ0) is 11.6. The quantitative estimate of drug-likeness (QED) is 0.509. The van der Waals surface area contributed by atoms with E-state index in [1.54, 1.807) is 6.92 Å². The van der Waals surface area contributed by atoms with Gasteiger partial charge in [-0.2, -0.15) is 0 Å². The molecule has 0 aliphatic rings. The van der Waals surface area contributed by atoms with Gasteiger partial charge in [-0.25, -0.2) is 0 Å². The van der Waals surface area contributed by atoms with Crippen LogP contribution in [-0.2, 0) is 4.79 Å². The minimum atomic E-state index is -0.479. The van der Waals surface area contributed by atoms with E-state index in [0.29, 0.717) is 16.3 Å². The average Bonchev–Trinajstić information content (AvgIpc) is 2.14. The Balaban J connectivity index is 3.36. The maximum absolute atomic E-state index is 10.8. The summed E-state index contributed by atoms with van der Waals surface area (Å²) in [5.74, 6) is -0.375. The van der Waals surface area contributed by atoms with Crippen molar-refractivity contribution in [3.8, 4) is 11.5 Å².